The lowest BCUT2D eigenvalue weighted by molar-refractivity contribution is -0.134. The van der Waals surface area contributed by atoms with Gasteiger partial charge in [0.25, 0.3) is 0 Å². The van der Waals surface area contributed by atoms with E-state index in [4.69, 9.17) is 4.74 Å². The van der Waals surface area contributed by atoms with Gasteiger partial charge >= 0.3 is 0 Å². The Morgan fingerprint density at radius 2 is 2.20 bits per heavy atom. The van der Waals surface area contributed by atoms with Crippen molar-refractivity contribution in [3.8, 4) is 0 Å². The van der Waals surface area contributed by atoms with Crippen molar-refractivity contribution in [2.75, 3.05) is 13.3 Å². The molecular weight excluding hydrogens is 325 g/mol. The van der Waals surface area contributed by atoms with E-state index in [9.17, 15) is 9.18 Å². The van der Waals surface area contributed by atoms with Gasteiger partial charge in [0.1, 0.15) is 6.67 Å². The first-order chi connectivity index (χ1) is 12.2. The number of hydrogen-bond donors (Lipinski definition) is 1. The van der Waals surface area contributed by atoms with E-state index in [0.717, 1.165) is 30.5 Å². The van der Waals surface area contributed by atoms with Crippen LogP contribution in [0.2, 0.25) is 0 Å². The number of aryl methyl sites for hydroxylation is 2. The molecule has 1 aliphatic heterocycles. The molecule has 2 atom stereocenters. The molecule has 3 rings (SSSR count). The molecular formula is C17H24FN5O2. The Morgan fingerprint density at radius 1 is 1.36 bits per heavy atom. The second kappa shape index (κ2) is 8.24. The van der Waals surface area contributed by atoms with Gasteiger partial charge in [0.05, 0.1) is 31.0 Å². The lowest BCUT2D eigenvalue weighted by Gasteiger charge is -2.30. The monoisotopic (exact) mass is 349 g/mol. The van der Waals surface area contributed by atoms with Crippen LogP contribution < -0.4 is 5.32 Å². The second-order valence-corrected chi connectivity index (χ2v) is 6.19. The lowest BCUT2D eigenvalue weighted by Crippen LogP contribution is -2.37. The average Bonchev–Trinajstić information content (AvgIpc) is 3.29. The van der Waals surface area contributed by atoms with Crippen LogP contribution >= 0.6 is 0 Å². The van der Waals surface area contributed by atoms with Crippen molar-refractivity contribution in [1.82, 2.24) is 24.9 Å². The van der Waals surface area contributed by atoms with Crippen molar-refractivity contribution in [2.45, 2.75) is 45.5 Å². The van der Waals surface area contributed by atoms with Crippen LogP contribution in [-0.4, -0.2) is 38.7 Å². The summed E-state index contributed by atoms with van der Waals surface area (Å²) in [6, 6.07) is 0. The molecule has 0 saturated carbocycles. The fourth-order valence-electron chi connectivity index (χ4n) is 3.10. The summed E-state index contributed by atoms with van der Waals surface area (Å²) in [6.45, 7) is 3.61. The van der Waals surface area contributed by atoms with Gasteiger partial charge in [-0.05, 0) is 19.8 Å². The van der Waals surface area contributed by atoms with Crippen molar-refractivity contribution in [1.29, 1.82) is 0 Å². The van der Waals surface area contributed by atoms with Crippen LogP contribution in [0.5, 0.6) is 0 Å². The van der Waals surface area contributed by atoms with Gasteiger partial charge in [-0.15, -0.1) is 0 Å². The van der Waals surface area contributed by atoms with Gasteiger partial charge < -0.3 is 10.1 Å². The minimum absolute atomic E-state index is 0.0350. The molecule has 0 aliphatic carbocycles. The third-order valence-corrected chi connectivity index (χ3v) is 4.43. The van der Waals surface area contributed by atoms with E-state index in [1.54, 1.807) is 18.6 Å². The van der Waals surface area contributed by atoms with Gasteiger partial charge in [-0.3, -0.25) is 14.2 Å². The molecule has 0 aromatic carbocycles. The van der Waals surface area contributed by atoms with Crippen LogP contribution in [0, 0.1) is 5.92 Å². The largest absolute Gasteiger partial charge is 0.373 e. The molecule has 1 amide bonds. The lowest BCUT2D eigenvalue weighted by atomic mass is 9.90. The Balaban J connectivity index is 1.62. The molecule has 7 nitrogen and oxygen atoms in total. The molecule has 0 unspecified atom stereocenters. The molecule has 2 aromatic heterocycles. The van der Waals surface area contributed by atoms with Crippen molar-refractivity contribution < 1.29 is 13.9 Å². The fraction of sp³-hybridized carbons (Fsp3) is 0.588. The number of amides is 1. The highest BCUT2D eigenvalue weighted by molar-refractivity contribution is 5.79. The van der Waals surface area contributed by atoms with E-state index >= 15 is 0 Å². The normalized spacial score (nSPS) is 20.6. The molecule has 0 bridgehead atoms. The van der Waals surface area contributed by atoms with Crippen LogP contribution in [0.3, 0.4) is 0 Å². The Kier molecular flexibility index (Phi) is 5.80. The van der Waals surface area contributed by atoms with Crippen molar-refractivity contribution >= 4 is 5.91 Å². The van der Waals surface area contributed by atoms with Gasteiger partial charge in [0.2, 0.25) is 5.91 Å². The highest BCUT2D eigenvalue weighted by Gasteiger charge is 2.33. The highest BCUT2D eigenvalue weighted by atomic mass is 19.1. The smallest absolute Gasteiger partial charge is 0.226 e. The number of aromatic nitrogens is 4. The molecule has 0 radical (unpaired) electrons. The topological polar surface area (TPSA) is 74.0 Å². The standard InChI is InChI=1S/C17H24FN5O2/c1-2-22-12-14(10-21-22)16-15(4-3-7-25-16)17(24)19-8-13-9-20-23(11-13)6-5-18/h9-12,15-16H,2-8H2,1H3,(H,19,24)/t15-,16+/m1/s1. The zero-order valence-electron chi connectivity index (χ0n) is 14.4. The molecule has 0 spiro atoms. The Labute approximate surface area is 146 Å². The maximum Gasteiger partial charge on any atom is 0.226 e. The van der Waals surface area contributed by atoms with E-state index < -0.39 is 6.67 Å². The predicted octanol–water partition coefficient (Wildman–Crippen LogP) is 1.85. The Bertz CT molecular complexity index is 699. The van der Waals surface area contributed by atoms with E-state index in [-0.39, 0.29) is 24.5 Å². The summed E-state index contributed by atoms with van der Waals surface area (Å²) in [5, 5.41) is 11.3. The van der Waals surface area contributed by atoms with Crippen LogP contribution in [0.1, 0.15) is 37.0 Å². The van der Waals surface area contributed by atoms with Crippen LogP contribution in [0.4, 0.5) is 4.39 Å². The Hall–Kier alpha value is -2.22. The summed E-state index contributed by atoms with van der Waals surface area (Å²) in [7, 11) is 0. The van der Waals surface area contributed by atoms with Gasteiger partial charge in [0, 0.05) is 43.2 Å². The van der Waals surface area contributed by atoms with Gasteiger partial charge in [-0.2, -0.15) is 10.2 Å². The zero-order valence-corrected chi connectivity index (χ0v) is 14.4. The van der Waals surface area contributed by atoms with E-state index in [1.165, 1.54) is 4.68 Å². The number of alkyl halides is 1. The maximum atomic E-state index is 12.7. The minimum Gasteiger partial charge on any atom is -0.373 e. The van der Waals surface area contributed by atoms with Crippen LogP contribution in [-0.2, 0) is 29.2 Å². The molecule has 8 heteroatoms. The van der Waals surface area contributed by atoms with Crippen molar-refractivity contribution in [2.24, 2.45) is 5.92 Å². The van der Waals surface area contributed by atoms with Gasteiger partial charge in [-0.25, -0.2) is 4.39 Å². The fourth-order valence-corrected chi connectivity index (χ4v) is 3.10. The third-order valence-electron chi connectivity index (χ3n) is 4.43. The number of halogens is 1. The SMILES string of the molecule is CCn1cc([C@@H]2OCCC[C@H]2C(=O)NCc2cnn(CCF)c2)cn1. The number of nitrogens with zero attached hydrogens (tertiary/aromatic N) is 4. The molecule has 25 heavy (non-hydrogen) atoms. The van der Waals surface area contributed by atoms with Crippen molar-refractivity contribution in [3.05, 3.63) is 35.9 Å². The predicted molar refractivity (Wildman–Crippen MR) is 89.4 cm³/mol. The number of ether oxygens (including phenoxy) is 1. The van der Waals surface area contributed by atoms with Crippen molar-refractivity contribution in [3.63, 3.8) is 0 Å². The molecule has 2 aromatic rings. The summed E-state index contributed by atoms with van der Waals surface area (Å²) in [5.74, 6) is -0.267. The molecule has 1 aliphatic rings. The zero-order chi connectivity index (χ0) is 17.6. The first-order valence-corrected chi connectivity index (χ1v) is 8.70. The number of rotatable bonds is 7. The molecule has 3 heterocycles. The average molecular weight is 349 g/mol. The highest BCUT2D eigenvalue weighted by Crippen LogP contribution is 2.33. The van der Waals surface area contributed by atoms with E-state index in [2.05, 4.69) is 15.5 Å². The summed E-state index contributed by atoms with van der Waals surface area (Å²) >= 11 is 0. The summed E-state index contributed by atoms with van der Waals surface area (Å²) < 4.78 is 21.6. The van der Waals surface area contributed by atoms with E-state index in [0.29, 0.717) is 13.2 Å². The van der Waals surface area contributed by atoms with Gasteiger partial charge in [0.15, 0.2) is 0 Å². The van der Waals surface area contributed by atoms with Crippen LogP contribution in [0.25, 0.3) is 0 Å². The first-order valence-electron chi connectivity index (χ1n) is 8.70. The summed E-state index contributed by atoms with van der Waals surface area (Å²) in [5.41, 5.74) is 1.80. The molecule has 1 fully saturated rings. The molecule has 136 valence electrons. The third kappa shape index (κ3) is 4.25. The maximum absolute atomic E-state index is 12.7. The number of carbonyl (C=O) groups is 1. The Morgan fingerprint density at radius 3 is 2.96 bits per heavy atom. The van der Waals surface area contributed by atoms with Crippen LogP contribution in [0.15, 0.2) is 24.8 Å². The first kappa shape index (κ1) is 17.6. The number of nitrogens with one attached hydrogen (secondary N) is 1. The second-order valence-electron chi connectivity index (χ2n) is 6.19. The molecule has 1 N–H and O–H groups in total. The molecule has 1 saturated heterocycles. The summed E-state index contributed by atoms with van der Waals surface area (Å²) in [4.78, 5) is 12.7. The summed E-state index contributed by atoms with van der Waals surface area (Å²) in [6.07, 6.45) is 8.51. The van der Waals surface area contributed by atoms with Gasteiger partial charge in [-0.1, -0.05) is 0 Å². The van der Waals surface area contributed by atoms with E-state index in [1.807, 2.05) is 17.8 Å². The number of hydrogen-bond acceptors (Lipinski definition) is 4. The quantitative estimate of drug-likeness (QED) is 0.828. The minimum atomic E-state index is -0.458. The number of carbonyl (C=O) groups excluding carboxylic acids is 1.